The standard InChI is InChI=1S/C14H19N5O/c1-10-3-4-13-17-12(8-19(13)7-10)14(20)16-6-11-5-15-9-18(11)2/h5,8-10H,3-4,6-7H2,1-2H3,(H,16,20). The van der Waals surface area contributed by atoms with E-state index in [1.165, 1.54) is 0 Å². The number of amides is 1. The summed E-state index contributed by atoms with van der Waals surface area (Å²) in [6.45, 7) is 3.65. The van der Waals surface area contributed by atoms with Crippen molar-refractivity contribution in [1.29, 1.82) is 0 Å². The molecule has 2 aromatic heterocycles. The lowest BCUT2D eigenvalue weighted by Crippen LogP contribution is -2.24. The summed E-state index contributed by atoms with van der Waals surface area (Å²) < 4.78 is 3.99. The van der Waals surface area contributed by atoms with Gasteiger partial charge in [-0.1, -0.05) is 6.92 Å². The van der Waals surface area contributed by atoms with Crippen molar-refractivity contribution < 1.29 is 4.79 Å². The van der Waals surface area contributed by atoms with Crippen molar-refractivity contribution in [1.82, 2.24) is 24.4 Å². The Kier molecular flexibility index (Phi) is 3.30. The molecule has 6 nitrogen and oxygen atoms in total. The summed E-state index contributed by atoms with van der Waals surface area (Å²) in [5, 5.41) is 2.89. The summed E-state index contributed by atoms with van der Waals surface area (Å²) in [7, 11) is 1.91. The molecule has 0 bridgehead atoms. The maximum absolute atomic E-state index is 12.1. The molecule has 20 heavy (non-hydrogen) atoms. The van der Waals surface area contributed by atoms with E-state index in [0.29, 0.717) is 18.2 Å². The van der Waals surface area contributed by atoms with E-state index < -0.39 is 0 Å². The second kappa shape index (κ2) is 5.11. The van der Waals surface area contributed by atoms with Crippen molar-refractivity contribution >= 4 is 5.91 Å². The average Bonchev–Trinajstić information content (AvgIpc) is 3.01. The van der Waals surface area contributed by atoms with E-state index in [9.17, 15) is 4.79 Å². The van der Waals surface area contributed by atoms with Gasteiger partial charge in [0.15, 0.2) is 0 Å². The van der Waals surface area contributed by atoms with Crippen molar-refractivity contribution in [3.05, 3.63) is 35.9 Å². The van der Waals surface area contributed by atoms with Crippen LogP contribution in [-0.4, -0.2) is 25.0 Å². The number of carbonyl (C=O) groups is 1. The van der Waals surface area contributed by atoms with Gasteiger partial charge >= 0.3 is 0 Å². The number of rotatable bonds is 3. The lowest BCUT2D eigenvalue weighted by molar-refractivity contribution is 0.0945. The summed E-state index contributed by atoms with van der Waals surface area (Å²) in [5.74, 6) is 1.55. The fourth-order valence-corrected chi connectivity index (χ4v) is 2.54. The minimum absolute atomic E-state index is 0.124. The zero-order valence-electron chi connectivity index (χ0n) is 11.8. The minimum atomic E-state index is -0.124. The molecule has 0 aliphatic carbocycles. The molecular formula is C14H19N5O. The molecule has 1 N–H and O–H groups in total. The Hall–Kier alpha value is -2.11. The third-order valence-corrected chi connectivity index (χ3v) is 3.81. The number of imidazole rings is 2. The molecule has 1 aliphatic rings. The topological polar surface area (TPSA) is 64.7 Å². The molecule has 1 amide bonds. The molecule has 0 saturated carbocycles. The van der Waals surface area contributed by atoms with Crippen LogP contribution in [0.2, 0.25) is 0 Å². The molecule has 6 heteroatoms. The zero-order chi connectivity index (χ0) is 14.1. The van der Waals surface area contributed by atoms with Crippen LogP contribution in [0.1, 0.15) is 35.4 Å². The lowest BCUT2D eigenvalue weighted by Gasteiger charge is -2.19. The fourth-order valence-electron chi connectivity index (χ4n) is 2.54. The first kappa shape index (κ1) is 12.9. The summed E-state index contributed by atoms with van der Waals surface area (Å²) in [5.41, 5.74) is 1.48. The number of carbonyl (C=O) groups excluding carboxylic acids is 1. The molecule has 1 unspecified atom stereocenters. The SMILES string of the molecule is CC1CCc2nc(C(=O)NCc3cncn3C)cn2C1. The van der Waals surface area contributed by atoms with Crippen LogP contribution in [0, 0.1) is 5.92 Å². The number of aromatic nitrogens is 4. The van der Waals surface area contributed by atoms with Crippen molar-refractivity contribution in [2.24, 2.45) is 13.0 Å². The summed E-state index contributed by atoms with van der Waals surface area (Å²) in [4.78, 5) is 20.6. The Labute approximate surface area is 117 Å². The Morgan fingerprint density at radius 1 is 1.55 bits per heavy atom. The molecule has 1 atom stereocenters. The first-order valence-electron chi connectivity index (χ1n) is 6.93. The maximum atomic E-state index is 12.1. The number of nitrogens with one attached hydrogen (secondary N) is 1. The molecule has 0 spiro atoms. The quantitative estimate of drug-likeness (QED) is 0.911. The first-order chi connectivity index (χ1) is 9.63. The predicted molar refractivity (Wildman–Crippen MR) is 74.1 cm³/mol. The highest BCUT2D eigenvalue weighted by molar-refractivity contribution is 5.92. The highest BCUT2D eigenvalue weighted by Gasteiger charge is 2.19. The van der Waals surface area contributed by atoms with E-state index >= 15 is 0 Å². The summed E-state index contributed by atoms with van der Waals surface area (Å²) >= 11 is 0. The molecule has 3 rings (SSSR count). The monoisotopic (exact) mass is 273 g/mol. The molecular weight excluding hydrogens is 254 g/mol. The molecule has 3 heterocycles. The van der Waals surface area contributed by atoms with E-state index in [-0.39, 0.29) is 5.91 Å². The van der Waals surface area contributed by atoms with Crippen LogP contribution in [0.15, 0.2) is 18.7 Å². The van der Waals surface area contributed by atoms with Crippen LogP contribution < -0.4 is 5.32 Å². The number of aryl methyl sites for hydroxylation is 2. The van der Waals surface area contributed by atoms with Gasteiger partial charge in [0.05, 0.1) is 18.6 Å². The lowest BCUT2D eigenvalue weighted by atomic mass is 10.0. The zero-order valence-corrected chi connectivity index (χ0v) is 11.8. The highest BCUT2D eigenvalue weighted by atomic mass is 16.1. The van der Waals surface area contributed by atoms with Gasteiger partial charge in [0, 0.05) is 32.4 Å². The number of hydrogen-bond acceptors (Lipinski definition) is 3. The fraction of sp³-hybridized carbons (Fsp3) is 0.500. The van der Waals surface area contributed by atoms with Gasteiger partial charge in [-0.25, -0.2) is 9.97 Å². The number of fused-ring (bicyclic) bond motifs is 1. The Morgan fingerprint density at radius 2 is 2.40 bits per heavy atom. The molecule has 0 fully saturated rings. The van der Waals surface area contributed by atoms with Crippen LogP contribution in [-0.2, 0) is 26.6 Å². The van der Waals surface area contributed by atoms with Crippen LogP contribution in [0.4, 0.5) is 0 Å². The highest BCUT2D eigenvalue weighted by Crippen LogP contribution is 2.19. The first-order valence-corrected chi connectivity index (χ1v) is 6.93. The molecule has 0 radical (unpaired) electrons. The molecule has 1 aliphatic heterocycles. The Bertz CT molecular complexity index is 627. The van der Waals surface area contributed by atoms with Crippen LogP contribution in [0.3, 0.4) is 0 Å². The van der Waals surface area contributed by atoms with Gasteiger partial charge < -0.3 is 14.5 Å². The third kappa shape index (κ3) is 2.45. The number of nitrogens with zero attached hydrogens (tertiary/aromatic N) is 4. The van der Waals surface area contributed by atoms with Crippen molar-refractivity contribution in [2.45, 2.75) is 32.9 Å². The molecule has 0 aromatic carbocycles. The van der Waals surface area contributed by atoms with E-state index in [2.05, 4.69) is 26.8 Å². The van der Waals surface area contributed by atoms with Gasteiger partial charge in [-0.15, -0.1) is 0 Å². The maximum Gasteiger partial charge on any atom is 0.271 e. The average molecular weight is 273 g/mol. The van der Waals surface area contributed by atoms with Gasteiger partial charge in [-0.3, -0.25) is 4.79 Å². The van der Waals surface area contributed by atoms with Gasteiger partial charge in [-0.2, -0.15) is 0 Å². The normalized spacial score (nSPS) is 17.8. The minimum Gasteiger partial charge on any atom is -0.345 e. The van der Waals surface area contributed by atoms with Gasteiger partial charge in [0.25, 0.3) is 5.91 Å². The van der Waals surface area contributed by atoms with E-state index in [4.69, 9.17) is 0 Å². The summed E-state index contributed by atoms with van der Waals surface area (Å²) in [6.07, 6.45) is 7.44. The predicted octanol–water partition coefficient (Wildman–Crippen LogP) is 1.13. The smallest absolute Gasteiger partial charge is 0.271 e. The third-order valence-electron chi connectivity index (χ3n) is 3.81. The van der Waals surface area contributed by atoms with Gasteiger partial charge in [0.2, 0.25) is 0 Å². The second-order valence-corrected chi connectivity index (χ2v) is 5.52. The second-order valence-electron chi connectivity index (χ2n) is 5.52. The number of hydrogen-bond donors (Lipinski definition) is 1. The summed E-state index contributed by atoms with van der Waals surface area (Å²) in [6, 6.07) is 0. The molecule has 2 aromatic rings. The Balaban J connectivity index is 1.67. The van der Waals surface area contributed by atoms with E-state index in [0.717, 1.165) is 30.9 Å². The van der Waals surface area contributed by atoms with Crippen LogP contribution >= 0.6 is 0 Å². The van der Waals surface area contributed by atoms with Crippen LogP contribution in [0.5, 0.6) is 0 Å². The van der Waals surface area contributed by atoms with Crippen molar-refractivity contribution in [2.75, 3.05) is 0 Å². The van der Waals surface area contributed by atoms with E-state index in [1.807, 2.05) is 17.8 Å². The van der Waals surface area contributed by atoms with E-state index in [1.54, 1.807) is 12.5 Å². The van der Waals surface area contributed by atoms with Crippen molar-refractivity contribution in [3.8, 4) is 0 Å². The Morgan fingerprint density at radius 3 is 3.15 bits per heavy atom. The molecule has 106 valence electrons. The van der Waals surface area contributed by atoms with Gasteiger partial charge in [0.1, 0.15) is 11.5 Å². The van der Waals surface area contributed by atoms with Gasteiger partial charge in [-0.05, 0) is 12.3 Å². The van der Waals surface area contributed by atoms with Crippen molar-refractivity contribution in [3.63, 3.8) is 0 Å². The largest absolute Gasteiger partial charge is 0.345 e. The van der Waals surface area contributed by atoms with Crippen LogP contribution in [0.25, 0.3) is 0 Å². The molecule has 0 saturated heterocycles.